The maximum atomic E-state index is 14.3. The lowest BCUT2D eigenvalue weighted by molar-refractivity contribution is -0.141. The molecule has 3 fully saturated rings. The standard InChI is InChI=1S/C38H46FN5O9S/c1-5-24-20-38(24,36(47)43-54(49,50)27-12-13-27)42-34(45)31-18-26(21-44(31)35(46)33(22(2)3)41-37(48)52-16-15-39)53-32-19-29(23-9-7-6-8-10-23)40-30-17-25(51-4)11-14-28(30)32/h6-11,14,17,19,22,24,26-27,31,33H,5,12-13,15-16,18,20-21H2,1-4H3,(H,41,48)(H,42,45)(H,43,47)/t24?,26-,31?,33+,38-/m1/s1. The van der Waals surface area contributed by atoms with Crippen LogP contribution in [0.3, 0.4) is 0 Å². The molecule has 0 bridgehead atoms. The number of ether oxygens (including phenoxy) is 3. The average Bonchev–Trinajstić information content (AvgIpc) is 4.09. The molecule has 14 nitrogen and oxygen atoms in total. The molecule has 2 unspecified atom stereocenters. The van der Waals surface area contributed by atoms with Gasteiger partial charge >= 0.3 is 6.09 Å². The molecule has 3 aliphatic rings. The largest absolute Gasteiger partial charge is 0.497 e. The molecule has 4 amide bonds. The number of nitrogens with zero attached hydrogens (tertiary/aromatic N) is 2. The van der Waals surface area contributed by atoms with Gasteiger partial charge in [0.1, 0.15) is 48.5 Å². The van der Waals surface area contributed by atoms with Crippen LogP contribution < -0.4 is 24.8 Å². The second-order valence-electron chi connectivity index (χ2n) is 14.4. The minimum absolute atomic E-state index is 0.00416. The monoisotopic (exact) mass is 767 g/mol. The predicted molar refractivity (Wildman–Crippen MR) is 197 cm³/mol. The Balaban J connectivity index is 1.32. The molecule has 290 valence electrons. The Morgan fingerprint density at radius 1 is 1.07 bits per heavy atom. The number of hydrogen-bond acceptors (Lipinski definition) is 10. The van der Waals surface area contributed by atoms with Gasteiger partial charge in [-0.1, -0.05) is 57.5 Å². The van der Waals surface area contributed by atoms with Gasteiger partial charge in [-0.15, -0.1) is 0 Å². The van der Waals surface area contributed by atoms with Crippen LogP contribution in [-0.2, 0) is 29.1 Å². The molecule has 6 rings (SSSR count). The van der Waals surface area contributed by atoms with Crippen molar-refractivity contribution in [3.63, 3.8) is 0 Å². The number of hydrogen-bond donors (Lipinski definition) is 3. The number of alkyl carbamates (subject to hydrolysis) is 1. The van der Waals surface area contributed by atoms with Gasteiger partial charge in [0.2, 0.25) is 21.8 Å². The summed E-state index contributed by atoms with van der Waals surface area (Å²) in [5, 5.41) is 5.36. The highest BCUT2D eigenvalue weighted by Crippen LogP contribution is 2.47. The summed E-state index contributed by atoms with van der Waals surface area (Å²) in [6, 6.07) is 14.3. The third kappa shape index (κ3) is 8.22. The Morgan fingerprint density at radius 2 is 1.81 bits per heavy atom. The normalized spacial score (nSPS) is 22.7. The predicted octanol–water partition coefficient (Wildman–Crippen LogP) is 3.87. The van der Waals surface area contributed by atoms with Crippen molar-refractivity contribution >= 4 is 44.7 Å². The summed E-state index contributed by atoms with van der Waals surface area (Å²) < 4.78 is 57.3. The lowest BCUT2D eigenvalue weighted by Gasteiger charge is -2.31. The van der Waals surface area contributed by atoms with Crippen molar-refractivity contribution in [2.24, 2.45) is 11.8 Å². The van der Waals surface area contributed by atoms with Crippen LogP contribution in [0, 0.1) is 11.8 Å². The van der Waals surface area contributed by atoms with Gasteiger partial charge in [-0.05, 0) is 43.2 Å². The van der Waals surface area contributed by atoms with E-state index in [0.717, 1.165) is 5.56 Å². The highest BCUT2D eigenvalue weighted by Gasteiger charge is 2.62. The van der Waals surface area contributed by atoms with Gasteiger partial charge in [0.05, 0.1) is 30.1 Å². The molecular formula is C38H46FN5O9S. The van der Waals surface area contributed by atoms with Gasteiger partial charge in [0.15, 0.2) is 0 Å². The fraction of sp³-hybridized carbons (Fsp3) is 0.500. The number of carbonyl (C=O) groups is 4. The number of fused-ring (bicyclic) bond motifs is 1. The summed E-state index contributed by atoms with van der Waals surface area (Å²) >= 11 is 0. The minimum Gasteiger partial charge on any atom is -0.497 e. The smallest absolute Gasteiger partial charge is 0.407 e. The summed E-state index contributed by atoms with van der Waals surface area (Å²) in [7, 11) is -2.34. The van der Waals surface area contributed by atoms with Gasteiger partial charge in [-0.3, -0.25) is 19.1 Å². The molecule has 0 spiro atoms. The zero-order valence-electron chi connectivity index (χ0n) is 30.7. The SMILES string of the molecule is CCC1C[C@]1(NC(=O)C1C[C@@H](Oc2cc(-c3ccccc3)nc3cc(OC)ccc23)CN1C(=O)[C@@H](NC(=O)OCCF)C(C)C)C(=O)NS(=O)(=O)C1CC1. The molecule has 54 heavy (non-hydrogen) atoms. The number of halogens is 1. The highest BCUT2D eigenvalue weighted by molar-refractivity contribution is 7.91. The maximum absolute atomic E-state index is 14.3. The molecule has 2 heterocycles. The molecule has 5 atom stereocenters. The molecule has 3 aromatic rings. The van der Waals surface area contributed by atoms with E-state index in [-0.39, 0.29) is 25.3 Å². The first kappa shape index (κ1) is 38.7. The quantitative estimate of drug-likeness (QED) is 0.205. The third-order valence-electron chi connectivity index (χ3n) is 10.3. The van der Waals surface area contributed by atoms with E-state index in [9.17, 15) is 32.0 Å². The highest BCUT2D eigenvalue weighted by atomic mass is 32.2. The Morgan fingerprint density at radius 3 is 2.44 bits per heavy atom. The Hall–Kier alpha value is -4.99. The van der Waals surface area contributed by atoms with E-state index in [0.29, 0.717) is 47.4 Å². The van der Waals surface area contributed by atoms with Crippen molar-refractivity contribution < 1.29 is 46.2 Å². The second kappa shape index (κ2) is 15.8. The summed E-state index contributed by atoms with van der Waals surface area (Å²) in [5.74, 6) is -1.83. The summed E-state index contributed by atoms with van der Waals surface area (Å²) in [5.41, 5.74) is 0.574. The van der Waals surface area contributed by atoms with Gasteiger partial charge in [0.25, 0.3) is 5.91 Å². The van der Waals surface area contributed by atoms with Crippen molar-refractivity contribution in [2.75, 3.05) is 26.9 Å². The van der Waals surface area contributed by atoms with E-state index in [1.165, 1.54) is 4.90 Å². The van der Waals surface area contributed by atoms with Crippen molar-refractivity contribution in [3.8, 4) is 22.8 Å². The minimum atomic E-state index is -3.89. The molecule has 2 aliphatic carbocycles. The average molecular weight is 768 g/mol. The Kier molecular flexibility index (Phi) is 11.3. The molecule has 1 saturated heterocycles. The number of nitrogens with one attached hydrogen (secondary N) is 3. The van der Waals surface area contributed by atoms with E-state index in [1.54, 1.807) is 39.2 Å². The van der Waals surface area contributed by atoms with Gasteiger partial charge in [-0.2, -0.15) is 0 Å². The number of pyridine rings is 1. The van der Waals surface area contributed by atoms with E-state index in [4.69, 9.17) is 19.2 Å². The van der Waals surface area contributed by atoms with Gasteiger partial charge < -0.3 is 29.7 Å². The summed E-state index contributed by atoms with van der Waals surface area (Å²) in [6.07, 6.45) is -0.0830. The first-order chi connectivity index (χ1) is 25.8. The molecule has 16 heteroatoms. The lowest BCUT2D eigenvalue weighted by Crippen LogP contribution is -2.59. The van der Waals surface area contributed by atoms with Crippen LogP contribution in [-0.4, -0.2) is 98.0 Å². The third-order valence-corrected chi connectivity index (χ3v) is 12.1. The van der Waals surface area contributed by atoms with Crippen LogP contribution in [0.25, 0.3) is 22.2 Å². The topological polar surface area (TPSA) is 182 Å². The first-order valence-electron chi connectivity index (χ1n) is 18.2. The fourth-order valence-electron chi connectivity index (χ4n) is 7.00. The van der Waals surface area contributed by atoms with Crippen molar-refractivity contribution in [1.82, 2.24) is 25.2 Å². The number of amides is 4. The fourth-order valence-corrected chi connectivity index (χ4v) is 8.36. The van der Waals surface area contributed by atoms with Crippen LogP contribution in [0.4, 0.5) is 9.18 Å². The van der Waals surface area contributed by atoms with Crippen molar-refractivity contribution in [2.45, 2.75) is 81.9 Å². The number of alkyl halides is 1. The molecular weight excluding hydrogens is 722 g/mol. The zero-order valence-corrected chi connectivity index (χ0v) is 31.5. The number of aromatic nitrogens is 1. The second-order valence-corrected chi connectivity index (χ2v) is 16.3. The molecule has 3 N–H and O–H groups in total. The van der Waals surface area contributed by atoms with Crippen LogP contribution in [0.5, 0.6) is 11.5 Å². The van der Waals surface area contributed by atoms with Gasteiger partial charge in [0, 0.05) is 29.5 Å². The number of carbonyl (C=O) groups excluding carboxylic acids is 4. The first-order valence-corrected chi connectivity index (χ1v) is 19.7. The van der Waals surface area contributed by atoms with Crippen molar-refractivity contribution in [1.29, 1.82) is 0 Å². The summed E-state index contributed by atoms with van der Waals surface area (Å²) in [6.45, 7) is 3.78. The van der Waals surface area contributed by atoms with Crippen LogP contribution >= 0.6 is 0 Å². The number of likely N-dealkylation sites (tertiary alicyclic amines) is 1. The van der Waals surface area contributed by atoms with Crippen molar-refractivity contribution in [3.05, 3.63) is 54.6 Å². The van der Waals surface area contributed by atoms with E-state index >= 15 is 0 Å². The Bertz CT molecular complexity index is 2010. The maximum Gasteiger partial charge on any atom is 0.407 e. The molecule has 1 aliphatic heterocycles. The molecule has 1 aromatic heterocycles. The van der Waals surface area contributed by atoms with E-state index < -0.39 is 82.0 Å². The lowest BCUT2D eigenvalue weighted by atomic mass is 10.0. The van der Waals surface area contributed by atoms with Crippen LogP contribution in [0.15, 0.2) is 54.6 Å². The summed E-state index contributed by atoms with van der Waals surface area (Å²) in [4.78, 5) is 60.8. The number of benzene rings is 2. The van der Waals surface area contributed by atoms with Gasteiger partial charge in [-0.25, -0.2) is 22.6 Å². The molecule has 2 saturated carbocycles. The van der Waals surface area contributed by atoms with Crippen LogP contribution in [0.2, 0.25) is 0 Å². The number of methoxy groups -OCH3 is 1. The molecule has 0 radical (unpaired) electrons. The van der Waals surface area contributed by atoms with Crippen LogP contribution in [0.1, 0.15) is 52.9 Å². The Labute approximate surface area is 313 Å². The molecule has 2 aromatic carbocycles. The van der Waals surface area contributed by atoms with E-state index in [2.05, 4.69) is 15.4 Å². The zero-order chi connectivity index (χ0) is 38.8. The number of rotatable bonds is 15. The number of sulfonamides is 1. The van der Waals surface area contributed by atoms with E-state index in [1.807, 2.05) is 43.3 Å².